The molecule has 2 aromatic rings. The lowest BCUT2D eigenvalue weighted by molar-refractivity contribution is -0.123. The second kappa shape index (κ2) is 11.3. The fourth-order valence-corrected chi connectivity index (χ4v) is 3.75. The molecule has 1 fully saturated rings. The van der Waals surface area contributed by atoms with Gasteiger partial charge in [-0.25, -0.2) is 0 Å². The van der Waals surface area contributed by atoms with E-state index >= 15 is 0 Å². The van der Waals surface area contributed by atoms with Gasteiger partial charge in [-0.05, 0) is 55.6 Å². The fourth-order valence-electron chi connectivity index (χ4n) is 3.75. The zero-order valence-corrected chi connectivity index (χ0v) is 17.7. The van der Waals surface area contributed by atoms with Crippen molar-refractivity contribution in [1.82, 2.24) is 10.2 Å². The second-order valence-electron chi connectivity index (χ2n) is 7.95. The number of rotatable bonds is 9. The molecule has 1 unspecified atom stereocenters. The van der Waals surface area contributed by atoms with Crippen LogP contribution >= 0.6 is 0 Å². The van der Waals surface area contributed by atoms with E-state index in [2.05, 4.69) is 15.5 Å². The van der Waals surface area contributed by atoms with E-state index in [1.54, 1.807) is 12.1 Å². The molecule has 31 heavy (non-hydrogen) atoms. The number of carbonyl (C=O) groups excluding carboxylic acids is 3. The Hall–Kier alpha value is -3.19. The Bertz CT molecular complexity index is 883. The lowest BCUT2D eigenvalue weighted by atomic mass is 9.97. The molecule has 4 N–H and O–H groups in total. The minimum atomic E-state index is -0.220. The number of carbonyl (C=O) groups is 3. The lowest BCUT2D eigenvalue weighted by Crippen LogP contribution is -2.40. The Morgan fingerprint density at radius 1 is 1.03 bits per heavy atom. The predicted molar refractivity (Wildman–Crippen MR) is 120 cm³/mol. The summed E-state index contributed by atoms with van der Waals surface area (Å²) in [6, 6.07) is 16.8. The SMILES string of the molecule is NC(=O)C1CCCN(Cc2ccc(NC(=O)CCCNC(=O)c3ccccc3)cc2)C1. The molecular weight excluding hydrogens is 392 g/mol. The molecule has 0 radical (unpaired) electrons. The van der Waals surface area contributed by atoms with E-state index in [0.29, 0.717) is 31.5 Å². The first-order chi connectivity index (χ1) is 15.0. The van der Waals surface area contributed by atoms with Gasteiger partial charge in [0.1, 0.15) is 0 Å². The number of hydrogen-bond acceptors (Lipinski definition) is 4. The van der Waals surface area contributed by atoms with Crippen LogP contribution in [0.25, 0.3) is 0 Å². The zero-order valence-electron chi connectivity index (χ0n) is 17.7. The standard InChI is InChI=1S/C24H30N4O3/c25-23(30)20-8-5-15-28(17-20)16-18-10-12-21(13-11-18)27-22(29)9-4-14-26-24(31)19-6-2-1-3-7-19/h1-3,6-7,10-13,20H,4-5,8-9,14-17H2,(H2,25,30)(H,26,31)(H,27,29). The molecule has 1 aliphatic rings. The Morgan fingerprint density at radius 2 is 1.77 bits per heavy atom. The smallest absolute Gasteiger partial charge is 0.251 e. The maximum atomic E-state index is 12.2. The molecule has 2 aromatic carbocycles. The predicted octanol–water partition coefficient (Wildman–Crippen LogP) is 2.53. The van der Waals surface area contributed by atoms with Gasteiger partial charge in [0.15, 0.2) is 0 Å². The van der Waals surface area contributed by atoms with Crippen LogP contribution in [0.4, 0.5) is 5.69 Å². The highest BCUT2D eigenvalue weighted by molar-refractivity contribution is 5.94. The number of anilines is 1. The van der Waals surface area contributed by atoms with Crippen LogP contribution in [0.3, 0.4) is 0 Å². The van der Waals surface area contributed by atoms with Gasteiger partial charge in [-0.1, -0.05) is 30.3 Å². The molecule has 1 heterocycles. The first-order valence-corrected chi connectivity index (χ1v) is 10.7. The number of hydrogen-bond donors (Lipinski definition) is 3. The highest BCUT2D eigenvalue weighted by Gasteiger charge is 2.23. The first-order valence-electron chi connectivity index (χ1n) is 10.7. The number of primary amides is 1. The van der Waals surface area contributed by atoms with Gasteiger partial charge in [-0.3, -0.25) is 19.3 Å². The molecular formula is C24H30N4O3. The summed E-state index contributed by atoms with van der Waals surface area (Å²) in [4.78, 5) is 37.8. The summed E-state index contributed by atoms with van der Waals surface area (Å²) in [6.45, 7) is 2.87. The molecule has 164 valence electrons. The lowest BCUT2D eigenvalue weighted by Gasteiger charge is -2.31. The van der Waals surface area contributed by atoms with E-state index in [1.807, 2.05) is 42.5 Å². The van der Waals surface area contributed by atoms with Gasteiger partial charge in [-0.15, -0.1) is 0 Å². The minimum Gasteiger partial charge on any atom is -0.369 e. The highest BCUT2D eigenvalue weighted by Crippen LogP contribution is 2.19. The third-order valence-electron chi connectivity index (χ3n) is 5.45. The Kier molecular flexibility index (Phi) is 8.18. The first kappa shape index (κ1) is 22.5. The molecule has 0 aromatic heterocycles. The van der Waals surface area contributed by atoms with E-state index in [-0.39, 0.29) is 23.6 Å². The number of benzene rings is 2. The number of nitrogens with zero attached hydrogens (tertiary/aromatic N) is 1. The third-order valence-corrected chi connectivity index (χ3v) is 5.45. The van der Waals surface area contributed by atoms with Crippen molar-refractivity contribution in [3.05, 3.63) is 65.7 Å². The van der Waals surface area contributed by atoms with Gasteiger partial charge in [0, 0.05) is 37.3 Å². The Balaban J connectivity index is 1.37. The molecule has 3 rings (SSSR count). The maximum Gasteiger partial charge on any atom is 0.251 e. The van der Waals surface area contributed by atoms with Crippen LogP contribution in [0.1, 0.15) is 41.6 Å². The summed E-state index contributed by atoms with van der Waals surface area (Å²) in [6.07, 6.45) is 2.75. The number of nitrogens with one attached hydrogen (secondary N) is 2. The van der Waals surface area contributed by atoms with Crippen LogP contribution in [-0.2, 0) is 16.1 Å². The monoisotopic (exact) mass is 422 g/mol. The van der Waals surface area contributed by atoms with Gasteiger partial charge in [0.25, 0.3) is 5.91 Å². The van der Waals surface area contributed by atoms with Gasteiger partial charge in [0.2, 0.25) is 11.8 Å². The topological polar surface area (TPSA) is 105 Å². The van der Waals surface area contributed by atoms with Crippen LogP contribution in [0, 0.1) is 5.92 Å². The van der Waals surface area contributed by atoms with Crippen molar-refractivity contribution in [3.63, 3.8) is 0 Å². The summed E-state index contributed by atoms with van der Waals surface area (Å²) in [7, 11) is 0. The van der Waals surface area contributed by atoms with E-state index in [1.165, 1.54) is 0 Å². The number of piperidine rings is 1. The van der Waals surface area contributed by atoms with E-state index < -0.39 is 0 Å². The van der Waals surface area contributed by atoms with Gasteiger partial charge >= 0.3 is 0 Å². The summed E-state index contributed by atoms with van der Waals surface area (Å²) in [5.41, 5.74) is 7.94. The summed E-state index contributed by atoms with van der Waals surface area (Å²) < 4.78 is 0. The molecule has 0 aliphatic carbocycles. The molecule has 1 atom stereocenters. The van der Waals surface area contributed by atoms with Crippen molar-refractivity contribution < 1.29 is 14.4 Å². The van der Waals surface area contributed by atoms with Crippen molar-refractivity contribution >= 4 is 23.4 Å². The molecule has 1 aliphatic heterocycles. The summed E-state index contributed by atoms with van der Waals surface area (Å²) in [5.74, 6) is -0.498. The second-order valence-corrected chi connectivity index (χ2v) is 7.95. The molecule has 0 spiro atoms. The van der Waals surface area contributed by atoms with Gasteiger partial charge < -0.3 is 16.4 Å². The zero-order chi connectivity index (χ0) is 22.1. The fraction of sp³-hybridized carbons (Fsp3) is 0.375. The van der Waals surface area contributed by atoms with Crippen molar-refractivity contribution in [2.24, 2.45) is 11.7 Å². The Morgan fingerprint density at radius 3 is 2.48 bits per heavy atom. The number of likely N-dealkylation sites (tertiary alicyclic amines) is 1. The molecule has 7 nitrogen and oxygen atoms in total. The highest BCUT2D eigenvalue weighted by atomic mass is 16.2. The number of amides is 3. The average Bonchev–Trinajstić information content (AvgIpc) is 2.78. The number of nitrogens with two attached hydrogens (primary N) is 1. The quantitative estimate of drug-likeness (QED) is 0.540. The molecule has 0 bridgehead atoms. The van der Waals surface area contributed by atoms with Gasteiger partial charge in [0.05, 0.1) is 5.92 Å². The maximum absolute atomic E-state index is 12.2. The summed E-state index contributed by atoms with van der Waals surface area (Å²) >= 11 is 0. The van der Waals surface area contributed by atoms with Crippen LogP contribution in [0.2, 0.25) is 0 Å². The Labute approximate surface area is 183 Å². The van der Waals surface area contributed by atoms with Crippen molar-refractivity contribution in [2.45, 2.75) is 32.2 Å². The minimum absolute atomic E-state index is 0.0650. The molecule has 3 amide bonds. The van der Waals surface area contributed by atoms with Crippen LogP contribution in [0.5, 0.6) is 0 Å². The van der Waals surface area contributed by atoms with Crippen LogP contribution < -0.4 is 16.4 Å². The third kappa shape index (κ3) is 7.22. The summed E-state index contributed by atoms with van der Waals surface area (Å²) in [5, 5.41) is 5.71. The molecule has 1 saturated heterocycles. The average molecular weight is 423 g/mol. The molecule has 0 saturated carbocycles. The van der Waals surface area contributed by atoms with Gasteiger partial charge in [-0.2, -0.15) is 0 Å². The largest absolute Gasteiger partial charge is 0.369 e. The normalized spacial score (nSPS) is 16.5. The van der Waals surface area contributed by atoms with E-state index in [4.69, 9.17) is 5.73 Å². The van der Waals surface area contributed by atoms with Crippen LogP contribution in [-0.4, -0.2) is 42.3 Å². The van der Waals surface area contributed by atoms with E-state index in [9.17, 15) is 14.4 Å². The van der Waals surface area contributed by atoms with Crippen molar-refractivity contribution in [3.8, 4) is 0 Å². The van der Waals surface area contributed by atoms with E-state index in [0.717, 1.165) is 37.2 Å². The molecule has 7 heteroatoms. The van der Waals surface area contributed by atoms with Crippen molar-refractivity contribution in [2.75, 3.05) is 25.0 Å². The van der Waals surface area contributed by atoms with Crippen LogP contribution in [0.15, 0.2) is 54.6 Å². The van der Waals surface area contributed by atoms with Crippen molar-refractivity contribution in [1.29, 1.82) is 0 Å².